The van der Waals surface area contributed by atoms with E-state index in [4.69, 9.17) is 4.74 Å². The number of nitrogens with one attached hydrogen (secondary N) is 1. The fourth-order valence-corrected chi connectivity index (χ4v) is 2.67. The maximum Gasteiger partial charge on any atom is 0.129 e. The minimum atomic E-state index is -0.203. The third kappa shape index (κ3) is 3.31. The van der Waals surface area contributed by atoms with Crippen LogP contribution in [0.25, 0.3) is 0 Å². The Morgan fingerprint density at radius 1 is 1.44 bits per heavy atom. The molecule has 18 heavy (non-hydrogen) atoms. The molecule has 0 aliphatic carbocycles. The first-order chi connectivity index (χ1) is 8.58. The second-order valence-electron chi connectivity index (χ2n) is 5.07. The highest BCUT2D eigenvalue weighted by Gasteiger charge is 2.23. The maximum absolute atomic E-state index is 13.8. The van der Waals surface area contributed by atoms with Crippen molar-refractivity contribution < 1.29 is 9.13 Å². The second kappa shape index (κ2) is 6.13. The van der Waals surface area contributed by atoms with Gasteiger partial charge in [0.05, 0.1) is 6.10 Å². The smallest absolute Gasteiger partial charge is 0.129 e. The van der Waals surface area contributed by atoms with Gasteiger partial charge in [-0.25, -0.2) is 4.39 Å². The van der Waals surface area contributed by atoms with E-state index in [1.807, 2.05) is 0 Å². The molecule has 1 N–H and O–H groups in total. The standard InChI is InChI=1S/C14H19BrFNO/c1-9(2)13-5-6-18-14(8-17-13)11-7-10(15)3-4-12(11)16/h3-4,7,9,13-14,17H,5-6,8H2,1-2H3. The highest BCUT2D eigenvalue weighted by Crippen LogP contribution is 2.26. The lowest BCUT2D eigenvalue weighted by atomic mass is 10.0. The largest absolute Gasteiger partial charge is 0.372 e. The van der Waals surface area contributed by atoms with Crippen LogP contribution in [0.4, 0.5) is 4.39 Å². The van der Waals surface area contributed by atoms with Gasteiger partial charge in [0, 0.05) is 29.2 Å². The zero-order valence-electron chi connectivity index (χ0n) is 10.7. The Kier molecular flexibility index (Phi) is 4.76. The average Bonchev–Trinajstić information content (AvgIpc) is 2.58. The van der Waals surface area contributed by atoms with E-state index in [2.05, 4.69) is 35.1 Å². The average molecular weight is 316 g/mol. The van der Waals surface area contributed by atoms with E-state index in [1.165, 1.54) is 6.07 Å². The Hall–Kier alpha value is -0.450. The van der Waals surface area contributed by atoms with Gasteiger partial charge in [-0.2, -0.15) is 0 Å². The SMILES string of the molecule is CC(C)C1CCOC(c2cc(Br)ccc2F)CN1. The van der Waals surface area contributed by atoms with E-state index >= 15 is 0 Å². The topological polar surface area (TPSA) is 21.3 Å². The summed E-state index contributed by atoms with van der Waals surface area (Å²) in [6, 6.07) is 5.44. The lowest BCUT2D eigenvalue weighted by molar-refractivity contribution is 0.0635. The van der Waals surface area contributed by atoms with Crippen molar-refractivity contribution in [3.8, 4) is 0 Å². The van der Waals surface area contributed by atoms with Crippen molar-refractivity contribution in [3.63, 3.8) is 0 Å². The first kappa shape index (κ1) is 14.0. The van der Waals surface area contributed by atoms with Gasteiger partial charge in [-0.1, -0.05) is 29.8 Å². The molecule has 0 spiro atoms. The van der Waals surface area contributed by atoms with Gasteiger partial charge in [0.1, 0.15) is 5.82 Å². The molecule has 2 nitrogen and oxygen atoms in total. The molecule has 2 rings (SSSR count). The number of rotatable bonds is 2. The summed E-state index contributed by atoms with van der Waals surface area (Å²) in [5, 5.41) is 3.47. The number of benzene rings is 1. The number of hydrogen-bond acceptors (Lipinski definition) is 2. The molecule has 1 aromatic rings. The third-order valence-electron chi connectivity index (χ3n) is 3.42. The lowest BCUT2D eigenvalue weighted by Crippen LogP contribution is -2.34. The van der Waals surface area contributed by atoms with Crippen molar-refractivity contribution in [2.75, 3.05) is 13.2 Å². The van der Waals surface area contributed by atoms with Crippen molar-refractivity contribution in [3.05, 3.63) is 34.1 Å². The van der Waals surface area contributed by atoms with Gasteiger partial charge in [0.2, 0.25) is 0 Å². The molecule has 1 heterocycles. The van der Waals surface area contributed by atoms with Crippen LogP contribution >= 0.6 is 15.9 Å². The molecule has 1 aliphatic rings. The molecule has 0 radical (unpaired) electrons. The fraction of sp³-hybridized carbons (Fsp3) is 0.571. The first-order valence-electron chi connectivity index (χ1n) is 6.38. The van der Waals surface area contributed by atoms with Crippen LogP contribution in [0.5, 0.6) is 0 Å². The predicted octanol–water partition coefficient (Wildman–Crippen LogP) is 3.66. The normalized spacial score (nSPS) is 25.2. The fourth-order valence-electron chi connectivity index (χ4n) is 2.29. The van der Waals surface area contributed by atoms with Crippen LogP contribution in [0.3, 0.4) is 0 Å². The molecular weight excluding hydrogens is 297 g/mol. The first-order valence-corrected chi connectivity index (χ1v) is 7.17. The van der Waals surface area contributed by atoms with E-state index in [0.29, 0.717) is 30.7 Å². The Morgan fingerprint density at radius 3 is 2.94 bits per heavy atom. The molecule has 0 aromatic heterocycles. The Morgan fingerprint density at radius 2 is 2.22 bits per heavy atom. The van der Waals surface area contributed by atoms with Gasteiger partial charge in [-0.3, -0.25) is 0 Å². The van der Waals surface area contributed by atoms with Crippen molar-refractivity contribution in [1.29, 1.82) is 0 Å². The zero-order valence-corrected chi connectivity index (χ0v) is 12.3. The quantitative estimate of drug-likeness (QED) is 0.899. The molecule has 4 heteroatoms. The maximum atomic E-state index is 13.8. The molecule has 1 fully saturated rings. The van der Waals surface area contributed by atoms with E-state index in [9.17, 15) is 4.39 Å². The van der Waals surface area contributed by atoms with Gasteiger partial charge in [-0.15, -0.1) is 0 Å². The van der Waals surface area contributed by atoms with Crippen LogP contribution in [0.1, 0.15) is 31.9 Å². The number of ether oxygens (including phenoxy) is 1. The molecule has 2 unspecified atom stereocenters. The molecule has 0 bridgehead atoms. The van der Waals surface area contributed by atoms with Crippen molar-refractivity contribution >= 4 is 15.9 Å². The van der Waals surface area contributed by atoms with Crippen LogP contribution < -0.4 is 5.32 Å². The van der Waals surface area contributed by atoms with Crippen LogP contribution in [0, 0.1) is 11.7 Å². The summed E-state index contributed by atoms with van der Waals surface area (Å²) in [5.41, 5.74) is 0.626. The van der Waals surface area contributed by atoms with Gasteiger partial charge in [0.25, 0.3) is 0 Å². The molecule has 0 saturated carbocycles. The van der Waals surface area contributed by atoms with Crippen molar-refractivity contribution in [2.45, 2.75) is 32.4 Å². The van der Waals surface area contributed by atoms with Gasteiger partial charge in [0.15, 0.2) is 0 Å². The number of halogens is 2. The van der Waals surface area contributed by atoms with Crippen LogP contribution in [0.2, 0.25) is 0 Å². The Balaban J connectivity index is 2.12. The molecule has 1 aliphatic heterocycles. The molecule has 0 amide bonds. The third-order valence-corrected chi connectivity index (χ3v) is 3.92. The summed E-state index contributed by atoms with van der Waals surface area (Å²) >= 11 is 3.37. The molecular formula is C14H19BrFNO. The van der Waals surface area contributed by atoms with Crippen LogP contribution in [-0.4, -0.2) is 19.2 Å². The van der Waals surface area contributed by atoms with Crippen molar-refractivity contribution in [1.82, 2.24) is 5.32 Å². The van der Waals surface area contributed by atoms with Gasteiger partial charge in [-0.05, 0) is 30.5 Å². The molecule has 100 valence electrons. The highest BCUT2D eigenvalue weighted by molar-refractivity contribution is 9.10. The highest BCUT2D eigenvalue weighted by atomic mass is 79.9. The summed E-state index contributed by atoms with van der Waals surface area (Å²) in [5.74, 6) is 0.368. The van der Waals surface area contributed by atoms with Crippen LogP contribution in [-0.2, 0) is 4.74 Å². The van der Waals surface area contributed by atoms with E-state index in [1.54, 1.807) is 12.1 Å². The summed E-state index contributed by atoms with van der Waals surface area (Å²) in [4.78, 5) is 0. The molecule has 2 atom stereocenters. The minimum Gasteiger partial charge on any atom is -0.372 e. The molecule has 1 saturated heterocycles. The van der Waals surface area contributed by atoms with Crippen molar-refractivity contribution in [2.24, 2.45) is 5.92 Å². The van der Waals surface area contributed by atoms with Gasteiger partial charge < -0.3 is 10.1 Å². The van der Waals surface area contributed by atoms with E-state index in [0.717, 1.165) is 10.9 Å². The summed E-state index contributed by atoms with van der Waals surface area (Å²) < 4.78 is 20.5. The minimum absolute atomic E-state index is 0.201. The van der Waals surface area contributed by atoms with Crippen LogP contribution in [0.15, 0.2) is 22.7 Å². The number of hydrogen-bond donors (Lipinski definition) is 1. The predicted molar refractivity (Wildman–Crippen MR) is 74.0 cm³/mol. The van der Waals surface area contributed by atoms with Gasteiger partial charge >= 0.3 is 0 Å². The monoisotopic (exact) mass is 315 g/mol. The molecule has 1 aromatic carbocycles. The zero-order chi connectivity index (χ0) is 13.1. The summed E-state index contributed by atoms with van der Waals surface area (Å²) in [7, 11) is 0. The summed E-state index contributed by atoms with van der Waals surface area (Å²) in [6.07, 6.45) is 0.773. The van der Waals surface area contributed by atoms with E-state index < -0.39 is 0 Å². The Labute approximate surface area is 116 Å². The Bertz CT molecular complexity index is 411. The lowest BCUT2D eigenvalue weighted by Gasteiger charge is -2.20. The van der Waals surface area contributed by atoms with E-state index in [-0.39, 0.29) is 11.9 Å². The summed E-state index contributed by atoms with van der Waals surface area (Å²) in [6.45, 7) is 5.72. The second-order valence-corrected chi connectivity index (χ2v) is 5.99.